The van der Waals surface area contributed by atoms with Gasteiger partial charge in [0.25, 0.3) is 0 Å². The molecule has 0 bridgehead atoms. The summed E-state index contributed by atoms with van der Waals surface area (Å²) in [5.41, 5.74) is 0.940. The first-order valence-corrected chi connectivity index (χ1v) is 7.59. The lowest BCUT2D eigenvalue weighted by atomic mass is 10.3. The number of ether oxygens (including phenoxy) is 1. The fourth-order valence-corrected chi connectivity index (χ4v) is 2.76. The molecule has 1 unspecified atom stereocenters. The first kappa shape index (κ1) is 13.4. The molecule has 1 amide bonds. The number of methoxy groups -OCH3 is 1. The van der Waals surface area contributed by atoms with Crippen LogP contribution in [0.15, 0.2) is 11.6 Å². The Kier molecular flexibility index (Phi) is 3.62. The van der Waals surface area contributed by atoms with E-state index in [4.69, 9.17) is 4.74 Å². The van der Waals surface area contributed by atoms with Gasteiger partial charge in [-0.1, -0.05) is 0 Å². The van der Waals surface area contributed by atoms with Crippen LogP contribution < -0.4 is 15.4 Å². The van der Waals surface area contributed by atoms with Gasteiger partial charge in [-0.25, -0.2) is 0 Å². The van der Waals surface area contributed by atoms with E-state index in [1.165, 1.54) is 0 Å². The zero-order valence-corrected chi connectivity index (χ0v) is 12.4. The van der Waals surface area contributed by atoms with Gasteiger partial charge in [0.1, 0.15) is 5.69 Å². The van der Waals surface area contributed by atoms with Crippen LogP contribution in [0.2, 0.25) is 0 Å². The second-order valence-corrected chi connectivity index (χ2v) is 5.88. The van der Waals surface area contributed by atoms with Gasteiger partial charge in [0, 0.05) is 24.2 Å². The highest BCUT2D eigenvalue weighted by Gasteiger charge is 2.25. The SMILES string of the molecule is COc1nc2sccn2c1CNC(C)C(=O)NC1CC1. The number of hydrogen-bond acceptors (Lipinski definition) is 5. The first-order valence-electron chi connectivity index (χ1n) is 6.71. The van der Waals surface area contributed by atoms with E-state index in [0.717, 1.165) is 23.5 Å². The molecule has 20 heavy (non-hydrogen) atoms. The fraction of sp³-hybridized carbons (Fsp3) is 0.538. The molecule has 108 valence electrons. The fourth-order valence-electron chi connectivity index (χ4n) is 2.03. The number of hydrogen-bond donors (Lipinski definition) is 2. The molecule has 1 aliphatic carbocycles. The van der Waals surface area contributed by atoms with E-state index >= 15 is 0 Å². The second-order valence-electron chi connectivity index (χ2n) is 5.01. The van der Waals surface area contributed by atoms with Crippen LogP contribution in [0.5, 0.6) is 5.88 Å². The van der Waals surface area contributed by atoms with E-state index in [0.29, 0.717) is 18.5 Å². The minimum Gasteiger partial charge on any atom is -0.480 e. The van der Waals surface area contributed by atoms with Gasteiger partial charge in [0.2, 0.25) is 11.8 Å². The smallest absolute Gasteiger partial charge is 0.237 e. The molecule has 1 aliphatic rings. The zero-order chi connectivity index (χ0) is 14.1. The van der Waals surface area contributed by atoms with E-state index in [-0.39, 0.29) is 11.9 Å². The molecular weight excluding hydrogens is 276 g/mol. The predicted octanol–water partition coefficient (Wildman–Crippen LogP) is 1.16. The average molecular weight is 294 g/mol. The third-order valence-electron chi connectivity index (χ3n) is 3.41. The lowest BCUT2D eigenvalue weighted by Gasteiger charge is -2.13. The summed E-state index contributed by atoms with van der Waals surface area (Å²) in [4.78, 5) is 17.2. The first-order chi connectivity index (χ1) is 9.69. The summed E-state index contributed by atoms with van der Waals surface area (Å²) < 4.78 is 7.28. The number of carbonyl (C=O) groups excluding carboxylic acids is 1. The van der Waals surface area contributed by atoms with Gasteiger partial charge in [-0.3, -0.25) is 9.20 Å². The molecule has 1 fully saturated rings. The molecule has 0 saturated heterocycles. The van der Waals surface area contributed by atoms with Crippen LogP contribution in [0.4, 0.5) is 0 Å². The van der Waals surface area contributed by atoms with Crippen molar-refractivity contribution in [1.82, 2.24) is 20.0 Å². The Bertz CT molecular complexity index is 617. The quantitative estimate of drug-likeness (QED) is 0.839. The summed E-state index contributed by atoms with van der Waals surface area (Å²) in [5, 5.41) is 8.20. The number of fused-ring (bicyclic) bond motifs is 1. The summed E-state index contributed by atoms with van der Waals surface area (Å²) in [7, 11) is 1.61. The van der Waals surface area contributed by atoms with Gasteiger partial charge in [-0.2, -0.15) is 4.98 Å². The van der Waals surface area contributed by atoms with Gasteiger partial charge in [0.15, 0.2) is 4.96 Å². The summed E-state index contributed by atoms with van der Waals surface area (Å²) >= 11 is 1.56. The normalized spacial score (nSPS) is 16.3. The Morgan fingerprint density at radius 1 is 1.65 bits per heavy atom. The molecule has 0 spiro atoms. The van der Waals surface area contributed by atoms with Crippen molar-refractivity contribution in [3.05, 3.63) is 17.3 Å². The van der Waals surface area contributed by atoms with Crippen LogP contribution in [-0.2, 0) is 11.3 Å². The third-order valence-corrected chi connectivity index (χ3v) is 4.17. The summed E-state index contributed by atoms with van der Waals surface area (Å²) in [6, 6.07) is 0.157. The highest BCUT2D eigenvalue weighted by Crippen LogP contribution is 2.23. The van der Waals surface area contributed by atoms with Crippen molar-refractivity contribution in [2.45, 2.75) is 38.4 Å². The highest BCUT2D eigenvalue weighted by atomic mass is 32.1. The molecule has 2 heterocycles. The van der Waals surface area contributed by atoms with Crippen LogP contribution >= 0.6 is 11.3 Å². The summed E-state index contributed by atoms with van der Waals surface area (Å²) in [6.07, 6.45) is 4.16. The molecule has 2 aromatic heterocycles. The molecule has 1 atom stereocenters. The largest absolute Gasteiger partial charge is 0.480 e. The number of aromatic nitrogens is 2. The Hall–Kier alpha value is -1.60. The molecule has 3 rings (SSSR count). The number of nitrogens with one attached hydrogen (secondary N) is 2. The van der Waals surface area contributed by atoms with Crippen molar-refractivity contribution >= 4 is 22.2 Å². The van der Waals surface area contributed by atoms with Crippen molar-refractivity contribution in [1.29, 1.82) is 0 Å². The van der Waals surface area contributed by atoms with E-state index in [9.17, 15) is 4.79 Å². The minimum atomic E-state index is -0.232. The van der Waals surface area contributed by atoms with Gasteiger partial charge in [0.05, 0.1) is 13.2 Å². The van der Waals surface area contributed by atoms with Gasteiger partial charge in [-0.15, -0.1) is 11.3 Å². The van der Waals surface area contributed by atoms with E-state index < -0.39 is 0 Å². The van der Waals surface area contributed by atoms with Gasteiger partial charge in [-0.05, 0) is 19.8 Å². The van der Waals surface area contributed by atoms with Crippen molar-refractivity contribution in [3.8, 4) is 5.88 Å². The second kappa shape index (κ2) is 5.41. The van der Waals surface area contributed by atoms with Gasteiger partial charge >= 0.3 is 0 Å². The average Bonchev–Trinajstić information content (AvgIpc) is 3.02. The lowest BCUT2D eigenvalue weighted by molar-refractivity contribution is -0.122. The molecule has 6 nitrogen and oxygen atoms in total. The number of amides is 1. The Morgan fingerprint density at radius 2 is 2.45 bits per heavy atom. The molecule has 1 saturated carbocycles. The Balaban J connectivity index is 1.66. The topological polar surface area (TPSA) is 67.7 Å². The molecule has 0 radical (unpaired) electrons. The summed E-state index contributed by atoms with van der Waals surface area (Å²) in [5.74, 6) is 0.664. The van der Waals surface area contributed by atoms with Crippen molar-refractivity contribution in [2.75, 3.05) is 7.11 Å². The maximum Gasteiger partial charge on any atom is 0.237 e. The maximum absolute atomic E-state index is 11.9. The van der Waals surface area contributed by atoms with Crippen molar-refractivity contribution in [2.24, 2.45) is 0 Å². The molecule has 2 aromatic rings. The van der Waals surface area contributed by atoms with Crippen molar-refractivity contribution in [3.63, 3.8) is 0 Å². The minimum absolute atomic E-state index is 0.0533. The zero-order valence-electron chi connectivity index (χ0n) is 11.5. The summed E-state index contributed by atoms with van der Waals surface area (Å²) in [6.45, 7) is 2.41. The van der Waals surface area contributed by atoms with Crippen LogP contribution in [0, 0.1) is 0 Å². The van der Waals surface area contributed by atoms with Crippen LogP contribution in [0.3, 0.4) is 0 Å². The number of nitrogens with zero attached hydrogens (tertiary/aromatic N) is 2. The molecule has 0 aliphatic heterocycles. The van der Waals surface area contributed by atoms with Crippen molar-refractivity contribution < 1.29 is 9.53 Å². The monoisotopic (exact) mass is 294 g/mol. The number of carbonyl (C=O) groups is 1. The number of thiazole rings is 1. The van der Waals surface area contributed by atoms with E-state index in [1.807, 2.05) is 22.9 Å². The molecular formula is C13H18N4O2S. The Morgan fingerprint density at radius 3 is 3.15 bits per heavy atom. The molecule has 2 N–H and O–H groups in total. The highest BCUT2D eigenvalue weighted by molar-refractivity contribution is 7.15. The lowest BCUT2D eigenvalue weighted by Crippen LogP contribution is -2.42. The van der Waals surface area contributed by atoms with Crippen LogP contribution in [-0.4, -0.2) is 34.5 Å². The van der Waals surface area contributed by atoms with E-state index in [2.05, 4.69) is 15.6 Å². The standard InChI is InChI=1S/C13H18N4O2S/c1-8(11(18)15-9-3-4-9)14-7-10-12(19-2)16-13-17(10)5-6-20-13/h5-6,8-9,14H,3-4,7H2,1-2H3,(H,15,18). The predicted molar refractivity (Wildman–Crippen MR) is 77.1 cm³/mol. The number of rotatable bonds is 6. The maximum atomic E-state index is 11.9. The van der Waals surface area contributed by atoms with E-state index in [1.54, 1.807) is 18.4 Å². The van der Waals surface area contributed by atoms with Crippen LogP contribution in [0.1, 0.15) is 25.5 Å². The Labute approximate surface area is 121 Å². The molecule has 7 heteroatoms. The van der Waals surface area contributed by atoms with Crippen LogP contribution in [0.25, 0.3) is 4.96 Å². The molecule has 0 aromatic carbocycles. The third kappa shape index (κ3) is 2.64. The van der Waals surface area contributed by atoms with Gasteiger partial charge < -0.3 is 15.4 Å². The number of imidazole rings is 1.